The third kappa shape index (κ3) is 3.75. The Labute approximate surface area is 149 Å². The molecule has 134 valence electrons. The van der Waals surface area contributed by atoms with E-state index in [1.807, 2.05) is 24.8 Å². The van der Waals surface area contributed by atoms with E-state index in [0.717, 1.165) is 25.1 Å². The molecule has 0 fully saturated rings. The van der Waals surface area contributed by atoms with Crippen molar-refractivity contribution in [1.29, 1.82) is 0 Å². The number of benzene rings is 1. The van der Waals surface area contributed by atoms with E-state index in [-0.39, 0.29) is 17.2 Å². The summed E-state index contributed by atoms with van der Waals surface area (Å²) in [5, 5.41) is 8.09. The zero-order chi connectivity index (χ0) is 18.0. The number of carbonyl (C=O) groups is 1. The third-order valence-electron chi connectivity index (χ3n) is 4.94. The summed E-state index contributed by atoms with van der Waals surface area (Å²) >= 11 is 0. The summed E-state index contributed by atoms with van der Waals surface area (Å²) in [7, 11) is 0. The number of aryl methyl sites for hydroxylation is 1. The molecule has 25 heavy (non-hydrogen) atoms. The average Bonchev–Trinajstić information content (AvgIpc) is 3.01. The Morgan fingerprint density at radius 3 is 2.76 bits per heavy atom. The van der Waals surface area contributed by atoms with Crippen molar-refractivity contribution in [2.24, 2.45) is 0 Å². The van der Waals surface area contributed by atoms with Gasteiger partial charge < -0.3 is 9.32 Å². The molecule has 0 N–H and O–H groups in total. The lowest BCUT2D eigenvalue weighted by atomic mass is 9.80. The molecule has 5 nitrogen and oxygen atoms in total. The number of para-hydroxylation sites is 1. The van der Waals surface area contributed by atoms with Gasteiger partial charge in [-0.1, -0.05) is 45.9 Å². The van der Waals surface area contributed by atoms with E-state index in [2.05, 4.69) is 42.2 Å². The lowest BCUT2D eigenvalue weighted by Gasteiger charge is -2.27. The Balaban J connectivity index is 1.75. The van der Waals surface area contributed by atoms with Gasteiger partial charge in [0.2, 0.25) is 17.7 Å². The maximum Gasteiger partial charge on any atom is 0.227 e. The minimum atomic E-state index is 0.0876. The molecule has 0 atom stereocenters. The second-order valence-corrected chi connectivity index (χ2v) is 7.74. The van der Waals surface area contributed by atoms with Gasteiger partial charge in [0.15, 0.2) is 0 Å². The summed E-state index contributed by atoms with van der Waals surface area (Å²) < 4.78 is 5.62. The fourth-order valence-electron chi connectivity index (χ4n) is 3.42. The van der Waals surface area contributed by atoms with Gasteiger partial charge in [-0.3, -0.25) is 4.79 Å². The topological polar surface area (TPSA) is 59.2 Å². The number of nitrogens with zero attached hydrogens (tertiary/aromatic N) is 3. The van der Waals surface area contributed by atoms with Crippen LogP contribution in [0.4, 0.5) is 5.69 Å². The Bertz CT molecular complexity index is 749. The number of hydrogen-bond acceptors (Lipinski definition) is 4. The van der Waals surface area contributed by atoms with Crippen LogP contribution in [0.3, 0.4) is 0 Å². The van der Waals surface area contributed by atoms with Crippen LogP contribution >= 0.6 is 0 Å². The molecular formula is C20H27N3O2. The Hall–Kier alpha value is -2.17. The third-order valence-corrected chi connectivity index (χ3v) is 4.94. The number of amides is 1. The highest BCUT2D eigenvalue weighted by Crippen LogP contribution is 2.38. The van der Waals surface area contributed by atoms with Gasteiger partial charge in [-0.25, -0.2) is 0 Å². The van der Waals surface area contributed by atoms with Crippen molar-refractivity contribution >= 4 is 11.6 Å². The smallest absolute Gasteiger partial charge is 0.227 e. The minimum absolute atomic E-state index is 0.0876. The molecule has 1 aromatic carbocycles. The van der Waals surface area contributed by atoms with Crippen LogP contribution in [0.15, 0.2) is 28.7 Å². The summed E-state index contributed by atoms with van der Waals surface area (Å²) in [5.41, 5.74) is 2.38. The number of hydrogen-bond donors (Lipinski definition) is 0. The summed E-state index contributed by atoms with van der Waals surface area (Å²) in [4.78, 5) is 14.8. The molecule has 0 bridgehead atoms. The number of aromatic nitrogens is 2. The Kier molecular flexibility index (Phi) is 4.93. The van der Waals surface area contributed by atoms with Crippen LogP contribution in [-0.4, -0.2) is 22.6 Å². The monoisotopic (exact) mass is 341 g/mol. The van der Waals surface area contributed by atoms with Crippen molar-refractivity contribution < 1.29 is 9.21 Å². The second-order valence-electron chi connectivity index (χ2n) is 7.74. The largest absolute Gasteiger partial charge is 0.425 e. The van der Waals surface area contributed by atoms with Crippen LogP contribution in [0, 0.1) is 0 Å². The summed E-state index contributed by atoms with van der Waals surface area (Å²) in [5.74, 6) is 1.50. The number of rotatable bonds is 4. The molecule has 0 unspecified atom stereocenters. The molecule has 0 spiro atoms. The van der Waals surface area contributed by atoms with Gasteiger partial charge in [0.1, 0.15) is 0 Å². The van der Waals surface area contributed by atoms with Gasteiger partial charge in [0, 0.05) is 31.0 Å². The number of fused-ring (bicyclic) bond motifs is 1. The van der Waals surface area contributed by atoms with Crippen molar-refractivity contribution in [2.45, 2.75) is 64.7 Å². The zero-order valence-corrected chi connectivity index (χ0v) is 15.6. The molecule has 1 aliphatic heterocycles. The quantitative estimate of drug-likeness (QED) is 0.835. The van der Waals surface area contributed by atoms with E-state index < -0.39 is 0 Å². The van der Waals surface area contributed by atoms with E-state index >= 15 is 0 Å². The van der Waals surface area contributed by atoms with Gasteiger partial charge in [-0.15, -0.1) is 10.2 Å². The van der Waals surface area contributed by atoms with Crippen molar-refractivity contribution in [1.82, 2.24) is 10.2 Å². The van der Waals surface area contributed by atoms with Crippen LogP contribution in [0.1, 0.15) is 70.2 Å². The highest BCUT2D eigenvalue weighted by molar-refractivity contribution is 5.94. The maximum absolute atomic E-state index is 12.9. The normalized spacial score (nSPS) is 16.6. The molecule has 3 rings (SSSR count). The molecule has 2 heterocycles. The fraction of sp³-hybridized carbons (Fsp3) is 0.550. The molecule has 1 amide bonds. The average molecular weight is 341 g/mol. The van der Waals surface area contributed by atoms with Gasteiger partial charge in [-0.05, 0) is 29.9 Å². The van der Waals surface area contributed by atoms with Crippen LogP contribution in [0.5, 0.6) is 0 Å². The second kappa shape index (κ2) is 6.98. The summed E-state index contributed by atoms with van der Waals surface area (Å²) in [6.45, 7) is 9.30. The lowest BCUT2D eigenvalue weighted by molar-refractivity contribution is -0.118. The Morgan fingerprint density at radius 2 is 2.04 bits per heavy atom. The highest BCUT2D eigenvalue weighted by atomic mass is 16.4. The number of anilines is 1. The van der Waals surface area contributed by atoms with Crippen molar-refractivity contribution in [3.63, 3.8) is 0 Å². The molecule has 1 aliphatic rings. The molecule has 0 saturated heterocycles. The summed E-state index contributed by atoms with van der Waals surface area (Å²) in [6.07, 6.45) is 2.95. The van der Waals surface area contributed by atoms with Crippen LogP contribution < -0.4 is 4.90 Å². The maximum atomic E-state index is 12.9. The Morgan fingerprint density at radius 1 is 1.28 bits per heavy atom. The van der Waals surface area contributed by atoms with Gasteiger partial charge in [0.05, 0.1) is 0 Å². The van der Waals surface area contributed by atoms with Gasteiger partial charge in [-0.2, -0.15) is 0 Å². The SMILES string of the molecule is CC(C)c1nnc(CCC(=O)N2CCCC(C)(C)c3ccccc32)o1. The molecule has 0 aliphatic carbocycles. The van der Waals surface area contributed by atoms with Crippen LogP contribution in [-0.2, 0) is 16.6 Å². The van der Waals surface area contributed by atoms with E-state index in [1.165, 1.54) is 5.56 Å². The first-order valence-corrected chi connectivity index (χ1v) is 9.10. The van der Waals surface area contributed by atoms with E-state index in [0.29, 0.717) is 24.6 Å². The van der Waals surface area contributed by atoms with E-state index in [9.17, 15) is 4.79 Å². The standard InChI is InChI=1S/C20H27N3O2/c1-14(2)19-22-21-17(25-19)10-11-18(24)23-13-7-12-20(3,4)15-8-5-6-9-16(15)23/h5-6,8-9,14H,7,10-13H2,1-4H3. The molecule has 5 heteroatoms. The van der Waals surface area contributed by atoms with Gasteiger partial charge >= 0.3 is 0 Å². The first-order valence-electron chi connectivity index (χ1n) is 9.10. The fourth-order valence-corrected chi connectivity index (χ4v) is 3.42. The highest BCUT2D eigenvalue weighted by Gasteiger charge is 2.30. The first-order chi connectivity index (χ1) is 11.9. The molecule has 2 aromatic rings. The van der Waals surface area contributed by atoms with Crippen molar-refractivity contribution in [2.75, 3.05) is 11.4 Å². The van der Waals surface area contributed by atoms with E-state index in [4.69, 9.17) is 4.42 Å². The number of carbonyl (C=O) groups excluding carboxylic acids is 1. The molecule has 0 radical (unpaired) electrons. The zero-order valence-electron chi connectivity index (χ0n) is 15.6. The van der Waals surface area contributed by atoms with E-state index in [1.54, 1.807) is 0 Å². The predicted octanol–water partition coefficient (Wildman–Crippen LogP) is 4.23. The molecule has 0 saturated carbocycles. The van der Waals surface area contributed by atoms with Crippen molar-refractivity contribution in [3.05, 3.63) is 41.6 Å². The van der Waals surface area contributed by atoms with Crippen molar-refractivity contribution in [3.8, 4) is 0 Å². The first kappa shape index (κ1) is 17.6. The molecular weight excluding hydrogens is 314 g/mol. The van der Waals surface area contributed by atoms with Gasteiger partial charge in [0.25, 0.3) is 0 Å². The predicted molar refractivity (Wildman–Crippen MR) is 97.8 cm³/mol. The lowest BCUT2D eigenvalue weighted by Crippen LogP contribution is -2.32. The molecule has 1 aromatic heterocycles. The summed E-state index contributed by atoms with van der Waals surface area (Å²) in [6, 6.07) is 8.27. The van der Waals surface area contributed by atoms with Crippen LogP contribution in [0.2, 0.25) is 0 Å². The minimum Gasteiger partial charge on any atom is -0.425 e. The van der Waals surface area contributed by atoms with Crippen LogP contribution in [0.25, 0.3) is 0 Å².